The van der Waals surface area contributed by atoms with Crippen molar-refractivity contribution >= 4 is 5.97 Å². The third-order valence-corrected chi connectivity index (χ3v) is 0.651. The third kappa shape index (κ3) is 1.18. The van der Waals surface area contributed by atoms with E-state index >= 15 is 0 Å². The minimum Gasteiger partial charge on any atom is -0.466 e. The molecule has 0 unspecified atom stereocenters. The highest BCUT2D eigenvalue weighted by Crippen LogP contribution is 2.04. The summed E-state index contributed by atoms with van der Waals surface area (Å²) in [6, 6.07) is 0. The molecule has 0 spiro atoms. The highest BCUT2D eigenvalue weighted by molar-refractivity contribution is 5.69. The van der Waals surface area contributed by atoms with Crippen LogP contribution in [0.5, 0.6) is 0 Å². The summed E-state index contributed by atoms with van der Waals surface area (Å²) in [7, 11) is 0. The van der Waals surface area contributed by atoms with Crippen molar-refractivity contribution in [3.05, 3.63) is 0 Å². The minimum absolute atomic E-state index is 0.0364. The quantitative estimate of drug-likeness (QED) is 0.423. The predicted octanol–water partition coefficient (Wildman–Crippen LogP) is 0.714. The number of carbonyl (C=O) groups excluding carboxylic acids is 1. The van der Waals surface area contributed by atoms with Gasteiger partial charge in [0, 0.05) is 11.9 Å². The molecule has 2 nitrogen and oxygen atoms in total. The van der Waals surface area contributed by atoms with Crippen LogP contribution in [0.1, 0.15) is 24.6 Å². The van der Waals surface area contributed by atoms with Crippen molar-refractivity contribution in [3.8, 4) is 0 Å². The van der Waals surface area contributed by atoms with Gasteiger partial charge in [0.2, 0.25) is 0 Å². The molecular weight excluding hydrogens is 92.1 g/mol. The first-order valence-corrected chi connectivity index (χ1v) is 2.05. The molecule has 40 valence electrons. The molecule has 0 radical (unpaired) electrons. The molecule has 1 saturated heterocycles. The maximum absolute atomic E-state index is 10.7. The maximum Gasteiger partial charge on any atom is 0.305 e. The summed E-state index contributed by atoms with van der Waals surface area (Å²) < 4.78 is 32.8. The van der Waals surface area contributed by atoms with E-state index in [1.165, 1.54) is 0 Å². The molecule has 0 aliphatic carbocycles. The van der Waals surface area contributed by atoms with Gasteiger partial charge in [-0.05, 0) is 12.8 Å². The fourth-order valence-electron chi connectivity index (χ4n) is 0.366. The Bertz CT molecular complexity index is 189. The lowest BCUT2D eigenvalue weighted by molar-refractivity contribution is -0.146. The molecule has 2 heteroatoms. The largest absolute Gasteiger partial charge is 0.466 e. The predicted molar refractivity (Wildman–Crippen MR) is 24.8 cm³/mol. The van der Waals surface area contributed by atoms with Crippen molar-refractivity contribution in [3.63, 3.8) is 0 Å². The van der Waals surface area contributed by atoms with Gasteiger partial charge in [-0.15, -0.1) is 0 Å². The van der Waals surface area contributed by atoms with Crippen molar-refractivity contribution in [1.29, 1.82) is 0 Å². The molecule has 1 rings (SSSR count). The Labute approximate surface area is 48.1 Å². The lowest BCUT2D eigenvalue weighted by atomic mass is 10.2. The molecule has 0 aromatic rings. The van der Waals surface area contributed by atoms with Crippen LogP contribution < -0.4 is 0 Å². The molecule has 1 aliphatic heterocycles. The average Bonchev–Trinajstić information content (AvgIpc) is 1.84. The topological polar surface area (TPSA) is 26.3 Å². The van der Waals surface area contributed by atoms with Crippen molar-refractivity contribution in [2.24, 2.45) is 0 Å². The number of cyclic esters (lactones) is 1. The summed E-state index contributed by atoms with van der Waals surface area (Å²) in [5.41, 5.74) is 0. The van der Waals surface area contributed by atoms with Crippen molar-refractivity contribution < 1.29 is 15.0 Å². The summed E-state index contributed by atoms with van der Waals surface area (Å²) in [6.07, 6.45) is -4.67. The molecule has 0 atom stereocenters. The number of carbonyl (C=O) groups is 1. The Hall–Kier alpha value is -0.530. The Balaban J connectivity index is 2.91. The summed E-state index contributed by atoms with van der Waals surface area (Å²) >= 11 is 0. The van der Waals surface area contributed by atoms with E-state index in [4.69, 9.17) is 5.48 Å². The van der Waals surface area contributed by atoms with Gasteiger partial charge in [-0.25, -0.2) is 0 Å². The summed E-state index contributed by atoms with van der Waals surface area (Å²) in [5.74, 6) is -1.10. The van der Waals surface area contributed by atoms with Gasteiger partial charge in [-0.2, -0.15) is 0 Å². The molecule has 0 bridgehead atoms. The van der Waals surface area contributed by atoms with Gasteiger partial charge in [-0.1, -0.05) is 0 Å². The molecule has 7 heavy (non-hydrogen) atoms. The van der Waals surface area contributed by atoms with Gasteiger partial charge in [0.05, 0.1) is 6.61 Å². The van der Waals surface area contributed by atoms with Gasteiger partial charge in [0.25, 0.3) is 0 Å². The van der Waals surface area contributed by atoms with Crippen molar-refractivity contribution in [2.75, 3.05) is 6.61 Å². The van der Waals surface area contributed by atoms with Crippen LogP contribution >= 0.6 is 0 Å². The standard InChI is InChI=1S/C5H8O2/c6-5-3-1-2-4-7-5/h1-4H2/i1D2,3D2. The van der Waals surface area contributed by atoms with E-state index in [1.54, 1.807) is 0 Å². The lowest BCUT2D eigenvalue weighted by Crippen LogP contribution is -2.10. The van der Waals surface area contributed by atoms with E-state index in [-0.39, 0.29) is 13.0 Å². The highest BCUT2D eigenvalue weighted by atomic mass is 16.5. The SMILES string of the molecule is [2H]C1([2H])CCOC(=O)C1([2H])[2H]. The molecule has 0 amide bonds. The minimum atomic E-state index is -2.49. The van der Waals surface area contributed by atoms with E-state index in [9.17, 15) is 4.79 Å². The normalized spacial score (nSPS) is 44.3. The van der Waals surface area contributed by atoms with Gasteiger partial charge >= 0.3 is 5.97 Å². The van der Waals surface area contributed by atoms with E-state index in [0.29, 0.717) is 0 Å². The van der Waals surface area contributed by atoms with Gasteiger partial charge < -0.3 is 4.74 Å². The number of hydrogen-bond acceptors (Lipinski definition) is 2. The first-order valence-electron chi connectivity index (χ1n) is 4.05. The van der Waals surface area contributed by atoms with E-state index in [0.717, 1.165) is 0 Å². The second-order valence-corrected chi connectivity index (χ2v) is 1.19. The molecule has 1 heterocycles. The van der Waals surface area contributed by atoms with E-state index in [1.807, 2.05) is 0 Å². The zero-order chi connectivity index (χ0) is 8.70. The molecule has 0 saturated carbocycles. The van der Waals surface area contributed by atoms with Crippen molar-refractivity contribution in [1.82, 2.24) is 0 Å². The summed E-state index contributed by atoms with van der Waals surface area (Å²) in [4.78, 5) is 10.7. The number of esters is 1. The maximum atomic E-state index is 10.7. The average molecular weight is 104 g/mol. The second-order valence-electron chi connectivity index (χ2n) is 1.19. The molecule has 1 aliphatic rings. The molecule has 0 N–H and O–H groups in total. The Morgan fingerprint density at radius 2 is 2.71 bits per heavy atom. The van der Waals surface area contributed by atoms with Crippen molar-refractivity contribution in [2.45, 2.75) is 19.2 Å². The molecule has 1 fully saturated rings. The van der Waals surface area contributed by atoms with Gasteiger partial charge in [0.1, 0.15) is 0 Å². The Morgan fingerprint density at radius 1 is 1.86 bits per heavy atom. The fraction of sp³-hybridized carbons (Fsp3) is 0.800. The third-order valence-electron chi connectivity index (χ3n) is 0.651. The van der Waals surface area contributed by atoms with Crippen LogP contribution in [0.25, 0.3) is 0 Å². The first-order chi connectivity index (χ1) is 4.88. The molecule has 0 aromatic heterocycles. The Kier molecular flexibility index (Phi) is 0.494. The zero-order valence-corrected chi connectivity index (χ0v) is 3.73. The molecular formula is C5H8O2. The fourth-order valence-corrected chi connectivity index (χ4v) is 0.366. The molecule has 0 aromatic carbocycles. The van der Waals surface area contributed by atoms with Crippen LogP contribution in [0.3, 0.4) is 0 Å². The van der Waals surface area contributed by atoms with E-state index < -0.39 is 18.7 Å². The Morgan fingerprint density at radius 3 is 3.29 bits per heavy atom. The lowest BCUT2D eigenvalue weighted by Gasteiger charge is -2.08. The van der Waals surface area contributed by atoms with Gasteiger partial charge in [-0.3, -0.25) is 4.79 Å². The number of rotatable bonds is 0. The van der Waals surface area contributed by atoms with Crippen LogP contribution in [0.15, 0.2) is 0 Å². The first kappa shape index (κ1) is 1.77. The van der Waals surface area contributed by atoms with Crippen LogP contribution in [0.4, 0.5) is 0 Å². The van der Waals surface area contributed by atoms with Crippen LogP contribution in [0.2, 0.25) is 0 Å². The van der Waals surface area contributed by atoms with Gasteiger partial charge in [0.15, 0.2) is 0 Å². The smallest absolute Gasteiger partial charge is 0.305 e. The summed E-state index contributed by atoms with van der Waals surface area (Å²) in [6.45, 7) is -0.0364. The monoisotopic (exact) mass is 104 g/mol. The van der Waals surface area contributed by atoms with E-state index in [2.05, 4.69) is 4.74 Å². The van der Waals surface area contributed by atoms with Crippen LogP contribution in [-0.4, -0.2) is 12.6 Å². The number of ether oxygens (including phenoxy) is 1. The van der Waals surface area contributed by atoms with Crippen LogP contribution in [0, 0.1) is 0 Å². The zero-order valence-electron chi connectivity index (χ0n) is 7.73. The summed E-state index contributed by atoms with van der Waals surface area (Å²) in [5, 5.41) is 0. The highest BCUT2D eigenvalue weighted by Gasteiger charge is 2.06. The number of hydrogen-bond donors (Lipinski definition) is 0. The second kappa shape index (κ2) is 1.96. The van der Waals surface area contributed by atoms with Crippen LogP contribution in [-0.2, 0) is 9.53 Å².